The minimum Gasteiger partial charge on any atom is -0.324 e. The zero-order valence-corrected chi connectivity index (χ0v) is 20.4. The van der Waals surface area contributed by atoms with Crippen LogP contribution in [0.4, 0.5) is 0 Å². The van der Waals surface area contributed by atoms with Crippen LogP contribution >= 0.6 is 47.1 Å². The molecule has 0 aliphatic heterocycles. The Hall–Kier alpha value is -0.300. The predicted molar refractivity (Wildman–Crippen MR) is 121 cm³/mol. The van der Waals surface area contributed by atoms with Gasteiger partial charge in [-0.25, -0.2) is 0 Å². The van der Waals surface area contributed by atoms with Gasteiger partial charge in [0.2, 0.25) is 0 Å². The third-order valence-electron chi connectivity index (χ3n) is 4.87. The molecule has 0 unspecified atom stereocenters. The molecule has 0 spiro atoms. The zero-order valence-electron chi connectivity index (χ0n) is 15.4. The number of rotatable bonds is 8. The molecule has 0 saturated carbocycles. The zero-order chi connectivity index (χ0) is 22.1. The van der Waals surface area contributed by atoms with Crippen molar-refractivity contribution in [2.45, 2.75) is 18.0 Å². The third kappa shape index (κ3) is 6.34. The van der Waals surface area contributed by atoms with E-state index < -0.39 is 31.9 Å². The van der Waals surface area contributed by atoms with Gasteiger partial charge in [0.1, 0.15) is 0 Å². The van der Waals surface area contributed by atoms with E-state index in [1.165, 1.54) is 0 Å². The standard InChI is InChI=1S/C19H22Br2O6P2/c1-18(2,13-28(22,23)24)19(29(25,26)27,11-14-3-7-16(20)8-4-14)12-15-5-9-17(21)10-6-15/h3-10H,1-2,11-13H2,(H2,22,23,24)(H2,25,26,27). The summed E-state index contributed by atoms with van der Waals surface area (Å²) in [5.74, 6) is 0. The average molecular weight is 568 g/mol. The van der Waals surface area contributed by atoms with Gasteiger partial charge in [-0.05, 0) is 67.5 Å². The fourth-order valence-electron chi connectivity index (χ4n) is 3.37. The van der Waals surface area contributed by atoms with Crippen LogP contribution in [0.2, 0.25) is 0 Å². The largest absolute Gasteiger partial charge is 0.332 e. The van der Waals surface area contributed by atoms with Gasteiger partial charge in [0, 0.05) is 8.95 Å². The van der Waals surface area contributed by atoms with E-state index in [2.05, 4.69) is 45.7 Å². The summed E-state index contributed by atoms with van der Waals surface area (Å²) in [6.07, 6.45) is -1.18. The number of hydrogen-bond donors (Lipinski definition) is 4. The smallest absolute Gasteiger partial charge is 0.324 e. The van der Waals surface area contributed by atoms with Crippen LogP contribution < -0.4 is 0 Å². The fourth-order valence-corrected chi connectivity index (χ4v) is 6.59. The van der Waals surface area contributed by atoms with Gasteiger partial charge in [0.15, 0.2) is 0 Å². The molecular formula is C19H22Br2O6P2. The summed E-state index contributed by atoms with van der Waals surface area (Å²) < 4.78 is 26.2. The van der Waals surface area contributed by atoms with Crippen molar-refractivity contribution in [2.75, 3.05) is 6.16 Å². The van der Waals surface area contributed by atoms with Crippen molar-refractivity contribution >= 4 is 47.1 Å². The number of hydrogen-bond acceptors (Lipinski definition) is 2. The highest BCUT2D eigenvalue weighted by Crippen LogP contribution is 2.64. The van der Waals surface area contributed by atoms with Gasteiger partial charge in [-0.2, -0.15) is 0 Å². The van der Waals surface area contributed by atoms with Gasteiger partial charge in [0.05, 0.1) is 11.3 Å². The van der Waals surface area contributed by atoms with E-state index in [1.807, 2.05) is 0 Å². The Kier molecular flexibility index (Phi) is 7.79. The Morgan fingerprint density at radius 3 is 1.38 bits per heavy atom. The van der Waals surface area contributed by atoms with Crippen LogP contribution in [0.15, 0.2) is 57.5 Å². The minimum atomic E-state index is -4.96. The molecule has 2 aromatic carbocycles. The van der Waals surface area contributed by atoms with Crippen molar-refractivity contribution in [3.05, 3.63) is 82.5 Å². The predicted octanol–water partition coefficient (Wildman–Crippen LogP) is 4.75. The molecule has 0 fully saturated rings. The van der Waals surface area contributed by atoms with Crippen molar-refractivity contribution in [1.82, 2.24) is 0 Å². The summed E-state index contributed by atoms with van der Waals surface area (Å²) in [5, 5.41) is -1.94. The molecule has 0 heterocycles. The lowest BCUT2D eigenvalue weighted by Crippen LogP contribution is -2.50. The van der Waals surface area contributed by atoms with Gasteiger partial charge in [0.25, 0.3) is 0 Å². The maximum atomic E-state index is 12.9. The van der Waals surface area contributed by atoms with Gasteiger partial charge >= 0.3 is 15.2 Å². The lowest BCUT2D eigenvalue weighted by Gasteiger charge is -2.47. The second-order valence-corrected chi connectivity index (χ2v) is 12.7. The third-order valence-corrected chi connectivity index (χ3v) is 8.85. The Morgan fingerprint density at radius 2 is 1.10 bits per heavy atom. The lowest BCUT2D eigenvalue weighted by molar-refractivity contribution is 0.243. The molecule has 2 aromatic rings. The van der Waals surface area contributed by atoms with Crippen LogP contribution in [0.3, 0.4) is 0 Å². The average Bonchev–Trinajstić information content (AvgIpc) is 2.54. The summed E-state index contributed by atoms with van der Waals surface area (Å²) in [5.41, 5.74) is -0.683. The van der Waals surface area contributed by atoms with Crippen LogP contribution in [0.1, 0.15) is 11.1 Å². The lowest BCUT2D eigenvalue weighted by atomic mass is 9.72. The first-order valence-electron chi connectivity index (χ1n) is 8.45. The van der Waals surface area contributed by atoms with E-state index in [9.17, 15) is 28.7 Å². The first-order chi connectivity index (χ1) is 13.2. The quantitative estimate of drug-likeness (QED) is 0.342. The van der Waals surface area contributed by atoms with Gasteiger partial charge in [-0.1, -0.05) is 56.1 Å². The van der Waals surface area contributed by atoms with Crippen LogP contribution in [0.25, 0.3) is 0 Å². The van der Waals surface area contributed by atoms with Crippen LogP contribution in [-0.2, 0) is 22.0 Å². The molecule has 29 heavy (non-hydrogen) atoms. The molecule has 158 valence electrons. The fraction of sp³-hybridized carbons (Fsp3) is 0.263. The highest BCUT2D eigenvalue weighted by molar-refractivity contribution is 9.10. The van der Waals surface area contributed by atoms with Gasteiger partial charge in [-0.15, -0.1) is 0 Å². The molecule has 2 radical (unpaired) electrons. The summed E-state index contributed by atoms with van der Waals surface area (Å²) in [6, 6.07) is 13.7. The summed E-state index contributed by atoms with van der Waals surface area (Å²) >= 11 is 6.64. The Morgan fingerprint density at radius 1 is 0.759 bits per heavy atom. The van der Waals surface area contributed by atoms with Crippen molar-refractivity contribution in [2.24, 2.45) is 5.41 Å². The molecule has 0 amide bonds. The van der Waals surface area contributed by atoms with Crippen molar-refractivity contribution in [3.63, 3.8) is 0 Å². The second kappa shape index (κ2) is 9.05. The van der Waals surface area contributed by atoms with Gasteiger partial charge in [-0.3, -0.25) is 9.13 Å². The van der Waals surface area contributed by atoms with Crippen molar-refractivity contribution in [1.29, 1.82) is 0 Å². The summed E-state index contributed by atoms with van der Waals surface area (Å²) in [7, 11) is -9.62. The van der Waals surface area contributed by atoms with E-state index in [-0.39, 0.29) is 12.8 Å². The van der Waals surface area contributed by atoms with Crippen LogP contribution in [0.5, 0.6) is 0 Å². The molecule has 0 aromatic heterocycles. The maximum absolute atomic E-state index is 12.9. The molecule has 0 atom stereocenters. The highest BCUT2D eigenvalue weighted by atomic mass is 79.9. The summed E-state index contributed by atoms with van der Waals surface area (Å²) in [6.45, 7) is 7.62. The monoisotopic (exact) mass is 566 g/mol. The van der Waals surface area contributed by atoms with E-state index in [4.69, 9.17) is 0 Å². The molecule has 0 aliphatic rings. The molecule has 4 N–H and O–H groups in total. The molecule has 0 saturated heterocycles. The SMILES string of the molecule is [CH2]C([CH2])(CP(=O)(O)O)C(Cc1ccc(Br)cc1)(Cc1ccc(Br)cc1)P(=O)(O)O. The number of halogens is 2. The van der Waals surface area contributed by atoms with E-state index >= 15 is 0 Å². The topological polar surface area (TPSA) is 115 Å². The first-order valence-corrected chi connectivity index (χ1v) is 13.4. The Labute approximate surface area is 187 Å². The van der Waals surface area contributed by atoms with Crippen LogP contribution in [0, 0.1) is 19.3 Å². The van der Waals surface area contributed by atoms with E-state index in [0.717, 1.165) is 8.95 Å². The highest BCUT2D eigenvalue weighted by Gasteiger charge is 2.58. The molecule has 6 nitrogen and oxygen atoms in total. The normalized spacial score (nSPS) is 13.5. The molecule has 10 heteroatoms. The molecule has 0 bridgehead atoms. The summed E-state index contributed by atoms with van der Waals surface area (Å²) in [4.78, 5) is 40.0. The maximum Gasteiger partial charge on any atom is 0.332 e. The second-order valence-electron chi connectivity index (χ2n) is 7.29. The van der Waals surface area contributed by atoms with E-state index in [1.54, 1.807) is 48.5 Å². The van der Waals surface area contributed by atoms with Crippen molar-refractivity contribution in [3.8, 4) is 0 Å². The minimum absolute atomic E-state index is 0.159. The van der Waals surface area contributed by atoms with E-state index in [0.29, 0.717) is 11.1 Å². The Bertz CT molecular complexity index is 885. The van der Waals surface area contributed by atoms with Gasteiger partial charge < -0.3 is 19.6 Å². The Balaban J connectivity index is 2.66. The van der Waals surface area contributed by atoms with Crippen molar-refractivity contribution < 1.29 is 28.7 Å². The van der Waals surface area contributed by atoms with Crippen LogP contribution in [-0.4, -0.2) is 30.9 Å². The molecule has 0 aliphatic carbocycles. The molecule has 2 rings (SSSR count). The molecular weight excluding hydrogens is 546 g/mol. The first kappa shape index (κ1) is 25.0. The number of benzene rings is 2.